The van der Waals surface area contributed by atoms with Crippen LogP contribution >= 0.6 is 0 Å². The van der Waals surface area contributed by atoms with E-state index in [0.29, 0.717) is 12.5 Å². The van der Waals surface area contributed by atoms with Gasteiger partial charge in [0.25, 0.3) is 0 Å². The first-order valence-corrected chi connectivity index (χ1v) is 13.0. The zero-order valence-corrected chi connectivity index (χ0v) is 21.7. The highest BCUT2D eigenvalue weighted by Gasteiger charge is 2.54. The van der Waals surface area contributed by atoms with Gasteiger partial charge in [0.15, 0.2) is 0 Å². The highest BCUT2D eigenvalue weighted by Crippen LogP contribution is 2.47. The fourth-order valence-electron chi connectivity index (χ4n) is 6.15. The molecule has 0 atom stereocenters. The van der Waals surface area contributed by atoms with Crippen molar-refractivity contribution in [1.29, 1.82) is 0 Å². The molecule has 3 aliphatic rings. The summed E-state index contributed by atoms with van der Waals surface area (Å²) in [5, 5.41) is 8.97. The van der Waals surface area contributed by atoms with Gasteiger partial charge in [-0.05, 0) is 70.9 Å². The Bertz CT molecular complexity index is 935. The molecule has 4 amide bonds. The third-order valence-electron chi connectivity index (χ3n) is 8.65. The first kappa shape index (κ1) is 25.5. The Kier molecular flexibility index (Phi) is 7.13. The molecule has 1 spiro atoms. The summed E-state index contributed by atoms with van der Waals surface area (Å²) in [4.78, 5) is 42.4. The Morgan fingerprint density at radius 2 is 1.71 bits per heavy atom. The van der Waals surface area contributed by atoms with E-state index >= 15 is 0 Å². The monoisotopic (exact) mass is 483 g/mol. The van der Waals surface area contributed by atoms with Crippen LogP contribution in [0.25, 0.3) is 0 Å². The van der Waals surface area contributed by atoms with E-state index in [-0.39, 0.29) is 35.5 Å². The minimum Gasteiger partial charge on any atom is -0.357 e. The highest BCUT2D eigenvalue weighted by molar-refractivity contribution is 5.92. The van der Waals surface area contributed by atoms with E-state index in [1.54, 1.807) is 25.8 Å². The smallest absolute Gasteiger partial charge is 0.321 e. The zero-order chi connectivity index (χ0) is 25.3. The van der Waals surface area contributed by atoms with Gasteiger partial charge >= 0.3 is 6.03 Å². The Morgan fingerprint density at radius 3 is 2.26 bits per heavy atom. The zero-order valence-electron chi connectivity index (χ0n) is 21.7. The summed E-state index contributed by atoms with van der Waals surface area (Å²) in [6.07, 6.45) is 7.23. The second-order valence-corrected chi connectivity index (χ2v) is 11.2. The number of hydrogen-bond donors (Lipinski definition) is 3. The number of nitrogens with one attached hydrogen (secondary N) is 3. The predicted molar refractivity (Wildman–Crippen MR) is 136 cm³/mol. The molecule has 1 aromatic carbocycles. The highest BCUT2D eigenvalue weighted by atomic mass is 16.2. The van der Waals surface area contributed by atoms with Crippen LogP contribution in [0.1, 0.15) is 64.4 Å². The van der Waals surface area contributed by atoms with Gasteiger partial charge in [-0.2, -0.15) is 0 Å². The van der Waals surface area contributed by atoms with Gasteiger partial charge < -0.3 is 25.8 Å². The third kappa shape index (κ3) is 4.90. The average molecular weight is 484 g/mol. The topological polar surface area (TPSA) is 93.8 Å². The summed E-state index contributed by atoms with van der Waals surface area (Å²) in [5.41, 5.74) is -0.0941. The number of urea groups is 1. The summed E-state index contributed by atoms with van der Waals surface area (Å²) in [6.45, 7) is 4.64. The molecule has 1 aliphatic heterocycles. The second kappa shape index (κ2) is 9.80. The summed E-state index contributed by atoms with van der Waals surface area (Å²) >= 11 is 0. The van der Waals surface area contributed by atoms with Crippen LogP contribution in [0.2, 0.25) is 0 Å². The van der Waals surface area contributed by atoms with Crippen molar-refractivity contribution in [2.45, 2.75) is 75.4 Å². The van der Waals surface area contributed by atoms with Crippen LogP contribution in [0.3, 0.4) is 0 Å². The molecular formula is C27H41N5O3. The average Bonchev–Trinajstić information content (AvgIpc) is 3.06. The lowest BCUT2D eigenvalue weighted by atomic mass is 9.68. The van der Waals surface area contributed by atoms with Crippen LogP contribution in [-0.2, 0) is 15.1 Å². The summed E-state index contributed by atoms with van der Waals surface area (Å²) in [5.74, 6) is -0.0163. The van der Waals surface area contributed by atoms with Crippen LogP contribution in [0.5, 0.6) is 0 Å². The number of likely N-dealkylation sites (N-methyl/N-ethyl adjacent to an activating group) is 1. The minimum absolute atomic E-state index is 0.0297. The Morgan fingerprint density at radius 1 is 1.06 bits per heavy atom. The van der Waals surface area contributed by atoms with Crippen molar-refractivity contribution >= 4 is 17.8 Å². The van der Waals surface area contributed by atoms with Crippen LogP contribution < -0.4 is 16.0 Å². The van der Waals surface area contributed by atoms with E-state index in [1.807, 2.05) is 13.1 Å². The van der Waals surface area contributed by atoms with Crippen molar-refractivity contribution < 1.29 is 14.4 Å². The molecule has 1 heterocycles. The van der Waals surface area contributed by atoms with Crippen molar-refractivity contribution in [1.82, 2.24) is 25.8 Å². The van der Waals surface area contributed by atoms with E-state index in [1.165, 1.54) is 24.8 Å². The Hall–Kier alpha value is -2.61. The number of hydrogen-bond acceptors (Lipinski definition) is 4. The van der Waals surface area contributed by atoms with Crippen LogP contribution in [0, 0.1) is 5.92 Å². The number of rotatable bonds is 8. The number of carbonyl (C=O) groups is 3. The van der Waals surface area contributed by atoms with E-state index in [2.05, 4.69) is 45.1 Å². The fraction of sp³-hybridized carbons (Fsp3) is 0.667. The van der Waals surface area contributed by atoms with Crippen LogP contribution in [0.4, 0.5) is 4.79 Å². The summed E-state index contributed by atoms with van der Waals surface area (Å²) < 4.78 is 0. The molecule has 0 radical (unpaired) electrons. The maximum atomic E-state index is 13.6. The lowest BCUT2D eigenvalue weighted by molar-refractivity contribution is -0.132. The van der Waals surface area contributed by atoms with Gasteiger partial charge in [0.1, 0.15) is 12.1 Å². The molecule has 8 nitrogen and oxygen atoms in total. The molecule has 3 fully saturated rings. The van der Waals surface area contributed by atoms with Gasteiger partial charge in [-0.25, -0.2) is 4.79 Å². The SMILES string of the molecule is CNC(=O)C(C)(C)NC(=O)CN1C[C@]2(CC[C@](NC)(c3ccccc3)CC2)N(CC2CCC2)C1=O. The fourth-order valence-corrected chi connectivity index (χ4v) is 6.15. The van der Waals surface area contributed by atoms with Gasteiger partial charge in [-0.1, -0.05) is 36.8 Å². The molecule has 2 aliphatic carbocycles. The van der Waals surface area contributed by atoms with Crippen molar-refractivity contribution in [3.8, 4) is 0 Å². The maximum Gasteiger partial charge on any atom is 0.321 e. The first-order chi connectivity index (χ1) is 16.6. The molecule has 1 saturated heterocycles. The molecule has 0 bridgehead atoms. The molecule has 3 N–H and O–H groups in total. The van der Waals surface area contributed by atoms with E-state index < -0.39 is 5.54 Å². The molecule has 192 valence electrons. The number of carbonyl (C=O) groups excluding carboxylic acids is 3. The predicted octanol–water partition coefficient (Wildman–Crippen LogP) is 2.59. The summed E-state index contributed by atoms with van der Waals surface area (Å²) in [7, 11) is 3.58. The van der Waals surface area contributed by atoms with E-state index in [4.69, 9.17) is 0 Å². The Labute approximate surface area is 209 Å². The molecule has 35 heavy (non-hydrogen) atoms. The molecule has 8 heteroatoms. The maximum absolute atomic E-state index is 13.6. The lowest BCUT2D eigenvalue weighted by Crippen LogP contribution is -2.56. The minimum atomic E-state index is -1.04. The molecule has 0 aromatic heterocycles. The van der Waals surface area contributed by atoms with Gasteiger partial charge in [0.2, 0.25) is 11.8 Å². The number of amides is 4. The third-order valence-corrected chi connectivity index (χ3v) is 8.65. The van der Waals surface area contributed by atoms with Crippen molar-refractivity contribution in [2.24, 2.45) is 5.92 Å². The van der Waals surface area contributed by atoms with Gasteiger partial charge in [-0.3, -0.25) is 9.59 Å². The van der Waals surface area contributed by atoms with Gasteiger partial charge in [0.05, 0.1) is 5.54 Å². The Balaban J connectivity index is 1.50. The molecule has 2 saturated carbocycles. The van der Waals surface area contributed by atoms with Crippen LogP contribution in [-0.4, -0.2) is 72.5 Å². The van der Waals surface area contributed by atoms with Crippen molar-refractivity contribution in [3.05, 3.63) is 35.9 Å². The van der Waals surface area contributed by atoms with Crippen molar-refractivity contribution in [3.63, 3.8) is 0 Å². The first-order valence-electron chi connectivity index (χ1n) is 13.0. The quantitative estimate of drug-likeness (QED) is 0.530. The second-order valence-electron chi connectivity index (χ2n) is 11.2. The lowest BCUT2D eigenvalue weighted by Gasteiger charge is -2.49. The van der Waals surface area contributed by atoms with Crippen molar-refractivity contribution in [2.75, 3.05) is 33.7 Å². The molecule has 0 unspecified atom stereocenters. The van der Waals surface area contributed by atoms with E-state index in [0.717, 1.165) is 32.2 Å². The standard InChI is InChI=1S/C27H41N5O3/c1-25(2,23(34)28-3)30-22(33)18-31-19-26(32(24(31)35)17-20-9-8-10-20)13-15-27(29-4,16-14-26)21-11-6-5-7-12-21/h5-7,11-12,20,29H,8-10,13-19H2,1-4H3,(H,28,34)(H,30,33)/t26-,27-. The van der Waals surface area contributed by atoms with Crippen LogP contribution in [0.15, 0.2) is 30.3 Å². The number of benzene rings is 1. The van der Waals surface area contributed by atoms with Gasteiger partial charge in [-0.15, -0.1) is 0 Å². The van der Waals surface area contributed by atoms with Gasteiger partial charge in [0, 0.05) is 25.7 Å². The molecular weight excluding hydrogens is 442 g/mol. The largest absolute Gasteiger partial charge is 0.357 e. The number of nitrogens with zero attached hydrogens (tertiary/aromatic N) is 2. The molecule has 1 aromatic rings. The molecule has 4 rings (SSSR count). The summed E-state index contributed by atoms with van der Waals surface area (Å²) in [6, 6.07) is 10.5. The normalized spacial score (nSPS) is 27.1. The van der Waals surface area contributed by atoms with E-state index in [9.17, 15) is 14.4 Å².